The number of carbonyl (C=O) groups is 1. The molecule has 1 aromatic heterocycles. The zero-order valence-corrected chi connectivity index (χ0v) is 26.2. The molecule has 10 heteroatoms. The van der Waals surface area contributed by atoms with Gasteiger partial charge >= 0.3 is 0 Å². The highest BCUT2D eigenvalue weighted by atomic mass is 19.1. The van der Waals surface area contributed by atoms with E-state index >= 15 is 4.39 Å². The minimum absolute atomic E-state index is 0.115. The van der Waals surface area contributed by atoms with Crippen LogP contribution >= 0.6 is 0 Å². The summed E-state index contributed by atoms with van der Waals surface area (Å²) in [5, 5.41) is 17.1. The Morgan fingerprint density at radius 1 is 0.978 bits per heavy atom. The van der Waals surface area contributed by atoms with Gasteiger partial charge in [0, 0.05) is 35.4 Å². The van der Waals surface area contributed by atoms with Crippen molar-refractivity contribution in [2.45, 2.75) is 64.2 Å². The summed E-state index contributed by atoms with van der Waals surface area (Å²) in [7, 11) is 0. The van der Waals surface area contributed by atoms with E-state index in [-0.39, 0.29) is 18.3 Å². The van der Waals surface area contributed by atoms with E-state index < -0.39 is 11.0 Å². The number of aromatic nitrogens is 1. The van der Waals surface area contributed by atoms with Crippen LogP contribution in [0.1, 0.15) is 68.2 Å². The molecule has 0 saturated heterocycles. The SMILES string of the molecule is CC(C(=O)NCCNc1c2c(nc3ccccc13)CCCC2)c1ccc(-c2ccc(OCCCCCCO[N+](=O)[O-])cc2)c(F)c1. The Hall–Kier alpha value is -4.73. The van der Waals surface area contributed by atoms with Crippen molar-refractivity contribution in [2.24, 2.45) is 0 Å². The molecule has 2 N–H and O–H groups in total. The molecular weight excluding hydrogens is 587 g/mol. The second-order valence-corrected chi connectivity index (χ2v) is 11.7. The number of hydrogen-bond donors (Lipinski definition) is 2. The van der Waals surface area contributed by atoms with E-state index in [9.17, 15) is 14.9 Å². The Bertz CT molecular complexity index is 1650. The van der Waals surface area contributed by atoms with Crippen molar-refractivity contribution in [2.75, 3.05) is 31.6 Å². The summed E-state index contributed by atoms with van der Waals surface area (Å²) in [6.45, 7) is 3.45. The highest BCUT2D eigenvalue weighted by Gasteiger charge is 2.19. The number of nitrogens with one attached hydrogen (secondary N) is 2. The van der Waals surface area contributed by atoms with Crippen molar-refractivity contribution < 1.29 is 23.8 Å². The Kier molecular flexibility index (Phi) is 11.4. The number of nitrogens with zero attached hydrogens (tertiary/aromatic N) is 2. The smallest absolute Gasteiger partial charge is 0.294 e. The Morgan fingerprint density at radius 2 is 1.74 bits per heavy atom. The number of rotatable bonds is 16. The van der Waals surface area contributed by atoms with E-state index in [4.69, 9.17) is 9.72 Å². The van der Waals surface area contributed by atoms with Crippen LogP contribution in [0, 0.1) is 15.9 Å². The molecule has 4 aromatic rings. The van der Waals surface area contributed by atoms with Gasteiger partial charge in [-0.2, -0.15) is 0 Å². The van der Waals surface area contributed by atoms with Crippen LogP contribution in [-0.4, -0.2) is 42.3 Å². The van der Waals surface area contributed by atoms with Crippen LogP contribution in [0.3, 0.4) is 0 Å². The molecule has 0 aliphatic heterocycles. The summed E-state index contributed by atoms with van der Waals surface area (Å²) in [4.78, 5) is 32.3. The molecule has 46 heavy (non-hydrogen) atoms. The minimum Gasteiger partial charge on any atom is -0.494 e. The van der Waals surface area contributed by atoms with Crippen LogP contribution in [0.2, 0.25) is 0 Å². The fourth-order valence-corrected chi connectivity index (χ4v) is 5.90. The third kappa shape index (κ3) is 8.50. The summed E-state index contributed by atoms with van der Waals surface area (Å²) >= 11 is 0. The molecule has 0 fully saturated rings. The molecule has 0 spiro atoms. The van der Waals surface area contributed by atoms with Gasteiger partial charge in [-0.3, -0.25) is 9.78 Å². The molecule has 1 heterocycles. The van der Waals surface area contributed by atoms with Crippen LogP contribution in [0.15, 0.2) is 66.7 Å². The molecule has 1 aliphatic rings. The van der Waals surface area contributed by atoms with Gasteiger partial charge in [0.1, 0.15) is 11.6 Å². The van der Waals surface area contributed by atoms with Crippen molar-refractivity contribution in [1.82, 2.24) is 10.3 Å². The van der Waals surface area contributed by atoms with E-state index in [1.54, 1.807) is 19.1 Å². The molecule has 1 amide bonds. The van der Waals surface area contributed by atoms with Crippen molar-refractivity contribution in [1.29, 1.82) is 0 Å². The molecule has 0 radical (unpaired) electrons. The van der Waals surface area contributed by atoms with Crippen LogP contribution in [0.25, 0.3) is 22.0 Å². The molecular formula is C36H41FN4O5. The Balaban J connectivity index is 1.09. The van der Waals surface area contributed by atoms with E-state index in [1.165, 1.54) is 17.3 Å². The molecule has 0 saturated carbocycles. The lowest BCUT2D eigenvalue weighted by Crippen LogP contribution is -2.32. The lowest BCUT2D eigenvalue weighted by molar-refractivity contribution is -0.757. The number of para-hydroxylation sites is 1. The largest absolute Gasteiger partial charge is 0.494 e. The molecule has 0 bridgehead atoms. The second kappa shape index (κ2) is 16.0. The van der Waals surface area contributed by atoms with Crippen LogP contribution in [-0.2, 0) is 22.5 Å². The first-order chi connectivity index (χ1) is 22.4. The number of anilines is 1. The van der Waals surface area contributed by atoms with Crippen LogP contribution in [0.5, 0.6) is 5.75 Å². The third-order valence-corrected chi connectivity index (χ3v) is 8.45. The first-order valence-corrected chi connectivity index (χ1v) is 16.1. The number of fused-ring (bicyclic) bond motifs is 2. The summed E-state index contributed by atoms with van der Waals surface area (Å²) in [6, 6.07) is 20.4. The summed E-state index contributed by atoms with van der Waals surface area (Å²) in [6.07, 6.45) is 7.48. The zero-order chi connectivity index (χ0) is 32.3. The van der Waals surface area contributed by atoms with Gasteiger partial charge in [0.15, 0.2) is 0 Å². The van der Waals surface area contributed by atoms with Gasteiger partial charge in [0.05, 0.1) is 24.6 Å². The number of benzene rings is 3. The van der Waals surface area contributed by atoms with Gasteiger partial charge < -0.3 is 20.2 Å². The van der Waals surface area contributed by atoms with Gasteiger partial charge in [-0.25, -0.2) is 4.39 Å². The first kappa shape index (κ1) is 32.7. The number of hydrogen-bond acceptors (Lipinski definition) is 7. The molecule has 9 nitrogen and oxygen atoms in total. The van der Waals surface area contributed by atoms with Crippen molar-refractivity contribution in [3.8, 4) is 16.9 Å². The normalized spacial score (nSPS) is 13.1. The molecule has 1 atom stereocenters. The average Bonchev–Trinajstić information content (AvgIpc) is 3.07. The maximum Gasteiger partial charge on any atom is 0.294 e. The van der Waals surface area contributed by atoms with E-state index in [0.717, 1.165) is 67.1 Å². The average molecular weight is 629 g/mol. The number of halogens is 1. The first-order valence-electron chi connectivity index (χ1n) is 16.1. The highest BCUT2D eigenvalue weighted by molar-refractivity contribution is 5.93. The predicted octanol–water partition coefficient (Wildman–Crippen LogP) is 7.40. The van der Waals surface area contributed by atoms with Gasteiger partial charge in [0.2, 0.25) is 5.91 Å². The van der Waals surface area contributed by atoms with Crippen LogP contribution < -0.4 is 15.4 Å². The molecule has 3 aromatic carbocycles. The molecule has 5 rings (SSSR count). The maximum absolute atomic E-state index is 15.2. The highest BCUT2D eigenvalue weighted by Crippen LogP contribution is 2.33. The van der Waals surface area contributed by atoms with Crippen molar-refractivity contribution in [3.05, 3.63) is 99.5 Å². The number of amides is 1. The van der Waals surface area contributed by atoms with E-state index in [2.05, 4.69) is 21.5 Å². The molecule has 1 aliphatic carbocycles. The molecule has 1 unspecified atom stereocenters. The summed E-state index contributed by atoms with van der Waals surface area (Å²) in [5.41, 5.74) is 6.36. The Labute approximate surface area is 268 Å². The van der Waals surface area contributed by atoms with Gasteiger partial charge in [-0.1, -0.05) is 55.3 Å². The zero-order valence-electron chi connectivity index (χ0n) is 26.2. The topological polar surface area (TPSA) is 116 Å². The van der Waals surface area contributed by atoms with Crippen molar-refractivity contribution in [3.63, 3.8) is 0 Å². The number of aryl methyl sites for hydroxylation is 1. The van der Waals surface area contributed by atoms with Gasteiger partial charge in [-0.05, 0) is 86.4 Å². The van der Waals surface area contributed by atoms with E-state index in [1.807, 2.05) is 42.5 Å². The second-order valence-electron chi connectivity index (χ2n) is 11.7. The lowest BCUT2D eigenvalue weighted by atomic mass is 9.92. The van der Waals surface area contributed by atoms with Gasteiger partial charge in [0.25, 0.3) is 5.09 Å². The number of pyridine rings is 1. The molecule has 242 valence electrons. The fourth-order valence-electron chi connectivity index (χ4n) is 5.90. The Morgan fingerprint density at radius 3 is 2.52 bits per heavy atom. The minimum atomic E-state index is -0.774. The monoisotopic (exact) mass is 628 g/mol. The van der Waals surface area contributed by atoms with Crippen molar-refractivity contribution >= 4 is 22.5 Å². The number of unbranched alkanes of at least 4 members (excludes halogenated alkanes) is 3. The fraction of sp³-hybridized carbons (Fsp3) is 0.389. The van der Waals surface area contributed by atoms with Gasteiger partial charge in [-0.15, -0.1) is 10.1 Å². The van der Waals surface area contributed by atoms with E-state index in [0.29, 0.717) is 43.0 Å². The third-order valence-electron chi connectivity index (χ3n) is 8.45. The quantitative estimate of drug-likeness (QED) is 0.0755. The van der Waals surface area contributed by atoms with Crippen LogP contribution in [0.4, 0.5) is 10.1 Å². The number of carbonyl (C=O) groups excluding carboxylic acids is 1. The summed E-state index contributed by atoms with van der Waals surface area (Å²) in [5.74, 6) is -0.353. The standard InChI is InChI=1S/C36H41FN4O5/c1-25(36(42)39-21-20-38-35-30-10-4-6-12-33(30)40-34-13-7-5-11-31(34)35)27-16-19-29(32(37)24-27)26-14-17-28(18-15-26)45-22-8-2-3-9-23-46-41(43)44/h4,6,10,12,14-19,24-25H,2-3,5,7-9,11,13,20-23H2,1H3,(H,38,40)(H,39,42). The number of ether oxygens (including phenoxy) is 1. The summed E-state index contributed by atoms with van der Waals surface area (Å²) < 4.78 is 21.0. The maximum atomic E-state index is 15.2. The predicted molar refractivity (Wildman–Crippen MR) is 177 cm³/mol. The lowest BCUT2D eigenvalue weighted by Gasteiger charge is -2.22.